The smallest absolute Gasteiger partial charge is 0.328 e. The van der Waals surface area contributed by atoms with Crippen LogP contribution in [0.5, 0.6) is 0 Å². The minimum absolute atomic E-state index is 0.161. The van der Waals surface area contributed by atoms with Crippen LogP contribution in [-0.4, -0.2) is 11.1 Å². The largest absolute Gasteiger partial charge is 0.478 e. The number of hydrogen-bond acceptors (Lipinski definition) is 1. The summed E-state index contributed by atoms with van der Waals surface area (Å²) in [5, 5.41) is 8.64. The van der Waals surface area contributed by atoms with Gasteiger partial charge in [0.05, 0.1) is 0 Å². The Bertz CT molecular complexity index is 579. The van der Waals surface area contributed by atoms with E-state index in [1.807, 2.05) is 19.1 Å². The highest BCUT2D eigenvalue weighted by molar-refractivity contribution is 5.81. The van der Waals surface area contributed by atoms with Crippen LogP contribution in [0, 0.1) is 0 Å². The Morgan fingerprint density at radius 3 is 2.14 bits per heavy atom. The molecule has 1 rings (SSSR count). The van der Waals surface area contributed by atoms with E-state index in [1.54, 1.807) is 13.0 Å². The lowest BCUT2D eigenvalue weighted by atomic mass is 9.86. The van der Waals surface area contributed by atoms with E-state index >= 15 is 0 Å². The van der Waals surface area contributed by atoms with Crippen molar-refractivity contribution in [2.45, 2.75) is 40.0 Å². The van der Waals surface area contributed by atoms with Gasteiger partial charge in [-0.05, 0) is 41.5 Å². The highest BCUT2D eigenvalue weighted by Gasteiger charge is 2.12. The summed E-state index contributed by atoms with van der Waals surface area (Å²) in [6.45, 7) is 10.4. The van der Waals surface area contributed by atoms with Crippen LogP contribution in [0.25, 0.3) is 5.57 Å². The van der Waals surface area contributed by atoms with Crippen molar-refractivity contribution in [2.24, 2.45) is 0 Å². The molecule has 112 valence electrons. The monoisotopic (exact) mass is 284 g/mol. The van der Waals surface area contributed by atoms with Gasteiger partial charge in [-0.2, -0.15) is 0 Å². The Morgan fingerprint density at radius 2 is 1.67 bits per heavy atom. The predicted octanol–water partition coefficient (Wildman–Crippen LogP) is 4.97. The highest BCUT2D eigenvalue weighted by Crippen LogP contribution is 2.24. The van der Waals surface area contributed by atoms with E-state index < -0.39 is 5.97 Å². The molecule has 0 radical (unpaired) electrons. The summed E-state index contributed by atoms with van der Waals surface area (Å²) in [7, 11) is 0. The van der Waals surface area contributed by atoms with Crippen LogP contribution in [0.3, 0.4) is 0 Å². The first-order valence-electron chi connectivity index (χ1n) is 7.07. The third-order valence-electron chi connectivity index (χ3n) is 3.26. The molecular weight excluding hydrogens is 260 g/mol. The predicted molar refractivity (Wildman–Crippen MR) is 89.3 cm³/mol. The van der Waals surface area contributed by atoms with Gasteiger partial charge < -0.3 is 5.11 Å². The number of rotatable bonds is 4. The number of carboxylic acid groups (broad SMARTS) is 1. The van der Waals surface area contributed by atoms with Crippen molar-refractivity contribution in [2.75, 3.05) is 0 Å². The molecule has 0 amide bonds. The Hall–Kier alpha value is -2.09. The van der Waals surface area contributed by atoms with Crippen molar-refractivity contribution in [1.29, 1.82) is 0 Å². The van der Waals surface area contributed by atoms with Crippen LogP contribution < -0.4 is 0 Å². The fourth-order valence-electron chi connectivity index (χ4n) is 1.92. The van der Waals surface area contributed by atoms with Crippen LogP contribution in [-0.2, 0) is 10.2 Å². The lowest BCUT2D eigenvalue weighted by Crippen LogP contribution is -2.10. The van der Waals surface area contributed by atoms with Crippen LogP contribution in [0.15, 0.2) is 54.1 Å². The molecule has 1 aromatic rings. The number of hydrogen-bond donors (Lipinski definition) is 1. The maximum Gasteiger partial charge on any atom is 0.328 e. The Balaban J connectivity index is 2.84. The zero-order valence-corrected chi connectivity index (χ0v) is 13.5. The van der Waals surface area contributed by atoms with Crippen molar-refractivity contribution in [3.05, 3.63) is 65.3 Å². The summed E-state index contributed by atoms with van der Waals surface area (Å²) in [5.41, 5.74) is 4.52. The normalized spacial score (nSPS) is 13.8. The van der Waals surface area contributed by atoms with Crippen molar-refractivity contribution < 1.29 is 9.90 Å². The summed E-state index contributed by atoms with van der Waals surface area (Å²) in [6, 6.07) is 8.57. The average Bonchev–Trinajstić information content (AvgIpc) is 2.36. The molecule has 0 aliphatic carbocycles. The van der Waals surface area contributed by atoms with Crippen LogP contribution >= 0.6 is 0 Å². The fourth-order valence-corrected chi connectivity index (χ4v) is 1.92. The van der Waals surface area contributed by atoms with Gasteiger partial charge in [0, 0.05) is 6.08 Å². The molecule has 0 bridgehead atoms. The van der Waals surface area contributed by atoms with Gasteiger partial charge >= 0.3 is 5.97 Å². The molecule has 2 nitrogen and oxygen atoms in total. The lowest BCUT2D eigenvalue weighted by Gasteiger charge is -2.19. The molecule has 0 saturated carbocycles. The van der Waals surface area contributed by atoms with Gasteiger partial charge in [-0.15, -0.1) is 0 Å². The first-order valence-corrected chi connectivity index (χ1v) is 7.07. The van der Waals surface area contributed by atoms with Crippen molar-refractivity contribution in [3.8, 4) is 0 Å². The molecule has 0 heterocycles. The maximum atomic E-state index is 10.5. The van der Waals surface area contributed by atoms with Crippen LogP contribution in [0.4, 0.5) is 0 Å². The topological polar surface area (TPSA) is 37.3 Å². The number of allylic oxidation sites excluding steroid dienone is 5. The van der Waals surface area contributed by atoms with E-state index in [4.69, 9.17) is 5.11 Å². The van der Waals surface area contributed by atoms with E-state index in [2.05, 4.69) is 45.0 Å². The molecule has 1 N–H and O–H groups in total. The maximum absolute atomic E-state index is 10.5. The highest BCUT2D eigenvalue weighted by atomic mass is 16.4. The molecule has 0 unspecified atom stereocenters. The summed E-state index contributed by atoms with van der Waals surface area (Å²) in [4.78, 5) is 10.5. The number of benzene rings is 1. The summed E-state index contributed by atoms with van der Waals surface area (Å²) in [6.07, 6.45) is 6.85. The summed E-state index contributed by atoms with van der Waals surface area (Å²) in [5.74, 6) is -0.921. The minimum Gasteiger partial charge on any atom is -0.478 e. The summed E-state index contributed by atoms with van der Waals surface area (Å²) < 4.78 is 0. The average molecular weight is 284 g/mol. The van der Waals surface area contributed by atoms with Crippen LogP contribution in [0.2, 0.25) is 0 Å². The Morgan fingerprint density at radius 1 is 1.10 bits per heavy atom. The molecule has 0 atom stereocenters. The molecular formula is C19H24O2. The van der Waals surface area contributed by atoms with Crippen molar-refractivity contribution in [1.82, 2.24) is 0 Å². The Kier molecular flexibility index (Phi) is 5.71. The molecule has 21 heavy (non-hydrogen) atoms. The molecule has 0 aliphatic heterocycles. The zero-order valence-electron chi connectivity index (χ0n) is 13.5. The third-order valence-corrected chi connectivity index (χ3v) is 3.26. The number of aliphatic carboxylic acids is 1. The van der Waals surface area contributed by atoms with E-state index in [9.17, 15) is 4.79 Å². The van der Waals surface area contributed by atoms with E-state index in [1.165, 1.54) is 17.2 Å². The molecule has 0 aliphatic rings. The summed E-state index contributed by atoms with van der Waals surface area (Å²) >= 11 is 0. The molecule has 0 spiro atoms. The van der Waals surface area contributed by atoms with E-state index in [0.29, 0.717) is 0 Å². The second-order valence-corrected chi connectivity index (χ2v) is 6.26. The van der Waals surface area contributed by atoms with Gasteiger partial charge in [0.25, 0.3) is 0 Å². The van der Waals surface area contributed by atoms with Gasteiger partial charge in [-0.3, -0.25) is 0 Å². The lowest BCUT2D eigenvalue weighted by molar-refractivity contribution is -0.131. The quantitative estimate of drug-likeness (QED) is 0.625. The third kappa shape index (κ3) is 5.82. The molecule has 0 fully saturated rings. The van der Waals surface area contributed by atoms with Gasteiger partial charge in [-0.25, -0.2) is 4.79 Å². The Labute approximate surface area is 127 Å². The van der Waals surface area contributed by atoms with E-state index in [0.717, 1.165) is 11.1 Å². The van der Waals surface area contributed by atoms with Crippen molar-refractivity contribution >= 4 is 11.5 Å². The molecule has 0 saturated heterocycles. The van der Waals surface area contributed by atoms with Gasteiger partial charge in [0.2, 0.25) is 0 Å². The number of carboxylic acids is 1. The first-order chi connectivity index (χ1) is 9.70. The zero-order chi connectivity index (χ0) is 16.0. The van der Waals surface area contributed by atoms with Gasteiger partial charge in [-0.1, -0.05) is 63.3 Å². The second-order valence-electron chi connectivity index (χ2n) is 6.26. The van der Waals surface area contributed by atoms with Gasteiger partial charge in [0.1, 0.15) is 0 Å². The van der Waals surface area contributed by atoms with Gasteiger partial charge in [0.15, 0.2) is 0 Å². The number of carbonyl (C=O) groups is 1. The van der Waals surface area contributed by atoms with E-state index in [-0.39, 0.29) is 5.41 Å². The molecule has 2 heteroatoms. The second kappa shape index (κ2) is 7.07. The van der Waals surface area contributed by atoms with Crippen LogP contribution in [0.1, 0.15) is 45.7 Å². The molecule has 0 aromatic heterocycles. The van der Waals surface area contributed by atoms with Crippen molar-refractivity contribution in [3.63, 3.8) is 0 Å². The molecule has 1 aromatic carbocycles. The standard InChI is InChI=1S/C19H24O2/c1-14(13-18(20)21)7-6-8-15(2)16-9-11-17(12-10-16)19(3,4)5/h6-13H,1-5H3,(H,20,21). The first kappa shape index (κ1) is 17.0. The fraction of sp³-hybridized carbons (Fsp3) is 0.316. The minimum atomic E-state index is -0.921. The SMILES string of the molecule is CC(C=CC=C(C)c1ccc(C(C)(C)C)cc1)=CC(=O)O.